The van der Waals surface area contributed by atoms with Gasteiger partial charge in [-0.1, -0.05) is 97.8 Å². The quantitative estimate of drug-likeness (QED) is 0.261. The molecule has 2 amide bonds. The molecule has 1 unspecified atom stereocenters. The lowest BCUT2D eigenvalue weighted by molar-refractivity contribution is -0.140. The molecule has 0 saturated carbocycles. The van der Waals surface area contributed by atoms with E-state index in [1.54, 1.807) is 0 Å². The van der Waals surface area contributed by atoms with Crippen LogP contribution in [-0.2, 0) is 9.59 Å². The Morgan fingerprint density at radius 2 is 1.48 bits per heavy atom. The third-order valence-electron chi connectivity index (χ3n) is 6.17. The summed E-state index contributed by atoms with van der Waals surface area (Å²) < 4.78 is 0. The molecule has 180 valence electrons. The van der Waals surface area contributed by atoms with Crippen molar-refractivity contribution < 1.29 is 9.59 Å². The SMILES string of the molecule is CCC1CN(NC(=O)CCCCCCCCCCCCCCC(C)C)C(=O)CC(C)=N1. The van der Waals surface area contributed by atoms with Gasteiger partial charge in [-0.05, 0) is 25.7 Å². The summed E-state index contributed by atoms with van der Waals surface area (Å²) in [5.41, 5.74) is 3.67. The second-order valence-corrected chi connectivity index (χ2v) is 9.82. The average molecular weight is 436 g/mol. The van der Waals surface area contributed by atoms with Crippen LogP contribution in [0, 0.1) is 5.92 Å². The third-order valence-corrected chi connectivity index (χ3v) is 6.17. The molecule has 5 nitrogen and oxygen atoms in total. The van der Waals surface area contributed by atoms with Crippen LogP contribution in [-0.4, -0.2) is 35.1 Å². The molecule has 1 aliphatic rings. The Balaban J connectivity index is 1.96. The smallest absolute Gasteiger partial charge is 0.246 e. The van der Waals surface area contributed by atoms with E-state index in [0.29, 0.717) is 19.4 Å². The fourth-order valence-electron chi connectivity index (χ4n) is 4.17. The first-order valence-corrected chi connectivity index (χ1v) is 13.1. The summed E-state index contributed by atoms with van der Waals surface area (Å²) in [6.45, 7) is 9.06. The van der Waals surface area contributed by atoms with E-state index in [1.165, 1.54) is 75.6 Å². The maximum absolute atomic E-state index is 12.3. The minimum absolute atomic E-state index is 0.0452. The van der Waals surface area contributed by atoms with Gasteiger partial charge in [0.15, 0.2) is 0 Å². The van der Waals surface area contributed by atoms with Gasteiger partial charge in [0.25, 0.3) is 0 Å². The van der Waals surface area contributed by atoms with Gasteiger partial charge in [0.05, 0.1) is 19.0 Å². The van der Waals surface area contributed by atoms with E-state index in [2.05, 4.69) is 31.2 Å². The van der Waals surface area contributed by atoms with E-state index in [9.17, 15) is 9.59 Å². The summed E-state index contributed by atoms with van der Waals surface area (Å²) in [5, 5.41) is 1.49. The third kappa shape index (κ3) is 14.3. The zero-order chi connectivity index (χ0) is 22.9. The van der Waals surface area contributed by atoms with Gasteiger partial charge in [-0.15, -0.1) is 0 Å². The molecule has 1 N–H and O–H groups in total. The molecular formula is C26H49N3O2. The van der Waals surface area contributed by atoms with Gasteiger partial charge >= 0.3 is 0 Å². The van der Waals surface area contributed by atoms with Crippen molar-refractivity contribution in [2.45, 2.75) is 136 Å². The van der Waals surface area contributed by atoms with Crippen LogP contribution >= 0.6 is 0 Å². The van der Waals surface area contributed by atoms with Crippen LogP contribution in [0.5, 0.6) is 0 Å². The van der Waals surface area contributed by atoms with Crippen LogP contribution in [0.2, 0.25) is 0 Å². The lowest BCUT2D eigenvalue weighted by atomic mass is 10.0. The van der Waals surface area contributed by atoms with Crippen molar-refractivity contribution in [2.24, 2.45) is 10.9 Å². The van der Waals surface area contributed by atoms with Crippen LogP contribution in [0.1, 0.15) is 130 Å². The van der Waals surface area contributed by atoms with Crippen molar-refractivity contribution in [2.75, 3.05) is 6.54 Å². The maximum atomic E-state index is 12.3. The first-order chi connectivity index (χ1) is 14.9. The van der Waals surface area contributed by atoms with Gasteiger partial charge in [0.2, 0.25) is 11.8 Å². The predicted molar refractivity (Wildman–Crippen MR) is 131 cm³/mol. The summed E-state index contributed by atoms with van der Waals surface area (Å²) >= 11 is 0. The van der Waals surface area contributed by atoms with E-state index < -0.39 is 0 Å². The van der Waals surface area contributed by atoms with Crippen molar-refractivity contribution in [1.82, 2.24) is 10.4 Å². The molecule has 5 heteroatoms. The largest absolute Gasteiger partial charge is 0.289 e. The summed E-state index contributed by atoms with van der Waals surface area (Å²) in [6.07, 6.45) is 18.6. The van der Waals surface area contributed by atoms with E-state index >= 15 is 0 Å². The Kier molecular flexibility index (Phi) is 15.3. The van der Waals surface area contributed by atoms with Gasteiger partial charge < -0.3 is 0 Å². The standard InChI is InChI=1S/C26H49N3O2/c1-5-24-21-29(26(31)20-23(4)27-24)28-25(30)19-17-15-13-11-9-7-6-8-10-12-14-16-18-22(2)3/h22,24H,5-21H2,1-4H3,(H,28,30). The van der Waals surface area contributed by atoms with Crippen LogP contribution in [0.3, 0.4) is 0 Å². The van der Waals surface area contributed by atoms with Gasteiger partial charge in [-0.25, -0.2) is 0 Å². The number of aliphatic imine (C=N–C) groups is 1. The predicted octanol–water partition coefficient (Wildman–Crippen LogP) is 6.61. The maximum Gasteiger partial charge on any atom is 0.246 e. The Bertz CT molecular complexity index is 531. The fraction of sp³-hybridized carbons (Fsp3) is 0.885. The number of nitrogens with zero attached hydrogens (tertiary/aromatic N) is 2. The van der Waals surface area contributed by atoms with Crippen LogP contribution in [0.25, 0.3) is 0 Å². The number of carbonyl (C=O) groups excluding carboxylic acids is 2. The van der Waals surface area contributed by atoms with Crippen molar-refractivity contribution >= 4 is 17.5 Å². The van der Waals surface area contributed by atoms with Crippen LogP contribution < -0.4 is 5.43 Å². The molecule has 0 aromatic carbocycles. The van der Waals surface area contributed by atoms with Crippen molar-refractivity contribution in [1.29, 1.82) is 0 Å². The Hall–Kier alpha value is -1.39. The molecule has 0 aliphatic carbocycles. The minimum atomic E-state index is -0.0545. The second kappa shape index (κ2) is 17.2. The first kappa shape index (κ1) is 27.6. The van der Waals surface area contributed by atoms with Gasteiger partial charge in [0, 0.05) is 12.1 Å². The molecule has 1 heterocycles. The number of carbonyl (C=O) groups is 2. The van der Waals surface area contributed by atoms with Crippen molar-refractivity contribution in [3.8, 4) is 0 Å². The normalized spacial score (nSPS) is 17.1. The molecule has 0 spiro atoms. The van der Waals surface area contributed by atoms with Crippen LogP contribution in [0.4, 0.5) is 0 Å². The molecule has 0 aromatic rings. The Labute approximate surface area is 191 Å². The Morgan fingerprint density at radius 1 is 0.968 bits per heavy atom. The molecule has 1 atom stereocenters. The molecule has 0 aromatic heterocycles. The topological polar surface area (TPSA) is 61.8 Å². The molecule has 31 heavy (non-hydrogen) atoms. The summed E-state index contributed by atoms with van der Waals surface area (Å²) in [4.78, 5) is 29.1. The lowest BCUT2D eigenvalue weighted by Crippen LogP contribution is -2.48. The highest BCUT2D eigenvalue weighted by atomic mass is 16.2. The monoisotopic (exact) mass is 435 g/mol. The molecule has 1 rings (SSSR count). The number of amides is 2. The molecule has 0 saturated heterocycles. The number of nitrogens with one attached hydrogen (secondary N) is 1. The lowest BCUT2D eigenvalue weighted by Gasteiger charge is -2.23. The molecule has 1 aliphatic heterocycles. The minimum Gasteiger partial charge on any atom is -0.289 e. The average Bonchev–Trinajstić information content (AvgIpc) is 2.85. The van der Waals surface area contributed by atoms with Crippen LogP contribution in [0.15, 0.2) is 4.99 Å². The molecule has 0 bridgehead atoms. The Morgan fingerprint density at radius 3 is 2.00 bits per heavy atom. The second-order valence-electron chi connectivity index (χ2n) is 9.82. The van der Waals surface area contributed by atoms with Gasteiger partial charge in [-0.3, -0.25) is 25.0 Å². The van der Waals surface area contributed by atoms with Crippen molar-refractivity contribution in [3.63, 3.8) is 0 Å². The van der Waals surface area contributed by atoms with E-state index in [-0.39, 0.29) is 17.9 Å². The highest BCUT2D eigenvalue weighted by Gasteiger charge is 2.23. The highest BCUT2D eigenvalue weighted by Crippen LogP contribution is 2.14. The zero-order valence-electron chi connectivity index (χ0n) is 20.9. The molecule has 0 radical (unpaired) electrons. The van der Waals surface area contributed by atoms with E-state index in [1.807, 2.05) is 6.92 Å². The first-order valence-electron chi connectivity index (χ1n) is 13.1. The van der Waals surface area contributed by atoms with Gasteiger partial charge in [0.1, 0.15) is 0 Å². The number of hydrazine groups is 1. The zero-order valence-corrected chi connectivity index (χ0v) is 20.9. The number of hydrogen-bond donors (Lipinski definition) is 1. The van der Waals surface area contributed by atoms with Crippen molar-refractivity contribution in [3.05, 3.63) is 0 Å². The highest BCUT2D eigenvalue weighted by molar-refractivity contribution is 6.00. The van der Waals surface area contributed by atoms with E-state index in [0.717, 1.165) is 30.9 Å². The molecule has 0 fully saturated rings. The number of rotatable bonds is 17. The summed E-state index contributed by atoms with van der Waals surface area (Å²) in [6, 6.07) is 0.0802. The van der Waals surface area contributed by atoms with Gasteiger partial charge in [-0.2, -0.15) is 0 Å². The number of unbranched alkanes of at least 4 members (excludes halogenated alkanes) is 11. The number of hydrogen-bond acceptors (Lipinski definition) is 3. The fourth-order valence-corrected chi connectivity index (χ4v) is 4.17. The summed E-state index contributed by atoms with van der Waals surface area (Å²) in [5.74, 6) is 0.753. The summed E-state index contributed by atoms with van der Waals surface area (Å²) in [7, 11) is 0. The van der Waals surface area contributed by atoms with E-state index in [4.69, 9.17) is 0 Å². The molecular weight excluding hydrogens is 386 g/mol.